The van der Waals surface area contributed by atoms with Crippen LogP contribution in [0.5, 0.6) is 11.5 Å². The second-order valence-electron chi connectivity index (χ2n) is 4.58. The predicted octanol–water partition coefficient (Wildman–Crippen LogP) is 2.13. The number of nitrogens with two attached hydrogens (primary N) is 1. The van der Waals surface area contributed by atoms with Gasteiger partial charge in [-0.25, -0.2) is 0 Å². The van der Waals surface area contributed by atoms with E-state index in [2.05, 4.69) is 0 Å². The Kier molecular flexibility index (Phi) is 3.06. The smallest absolute Gasteiger partial charge is 0.122 e. The number of ether oxygens (including phenoxy) is 2. The van der Waals surface area contributed by atoms with Gasteiger partial charge in [0.25, 0.3) is 0 Å². The van der Waals surface area contributed by atoms with Crippen molar-refractivity contribution >= 4 is 0 Å². The molecular weight excluding hydrogens is 202 g/mol. The maximum absolute atomic E-state index is 6.07. The van der Waals surface area contributed by atoms with Crippen molar-refractivity contribution in [2.75, 3.05) is 14.2 Å². The van der Waals surface area contributed by atoms with Crippen LogP contribution in [0.2, 0.25) is 0 Å². The lowest BCUT2D eigenvalue weighted by atomic mass is 10.0. The first-order valence-corrected chi connectivity index (χ1v) is 5.66. The van der Waals surface area contributed by atoms with Crippen LogP contribution in [0.4, 0.5) is 0 Å². The Labute approximate surface area is 96.5 Å². The van der Waals surface area contributed by atoms with Crippen molar-refractivity contribution in [2.24, 2.45) is 5.73 Å². The molecule has 3 heteroatoms. The van der Waals surface area contributed by atoms with E-state index in [1.54, 1.807) is 14.2 Å². The van der Waals surface area contributed by atoms with Crippen molar-refractivity contribution in [3.05, 3.63) is 23.8 Å². The summed E-state index contributed by atoms with van der Waals surface area (Å²) in [6.45, 7) is 0. The Morgan fingerprint density at radius 1 is 1.12 bits per heavy atom. The minimum absolute atomic E-state index is 0.107. The second-order valence-corrected chi connectivity index (χ2v) is 4.58. The minimum Gasteiger partial charge on any atom is -0.497 e. The molecule has 2 N–H and O–H groups in total. The maximum atomic E-state index is 6.07. The van der Waals surface area contributed by atoms with Gasteiger partial charge in [-0.3, -0.25) is 0 Å². The SMILES string of the molecule is COc1cc(CCC2(N)CC2)cc(OC)c1. The molecule has 0 atom stereocenters. The topological polar surface area (TPSA) is 44.5 Å². The van der Waals surface area contributed by atoms with Gasteiger partial charge in [-0.2, -0.15) is 0 Å². The van der Waals surface area contributed by atoms with Crippen molar-refractivity contribution in [1.82, 2.24) is 0 Å². The first-order valence-electron chi connectivity index (χ1n) is 5.66. The zero-order valence-electron chi connectivity index (χ0n) is 9.95. The lowest BCUT2D eigenvalue weighted by molar-refractivity contribution is 0.393. The molecule has 1 saturated carbocycles. The highest BCUT2D eigenvalue weighted by atomic mass is 16.5. The molecule has 0 aromatic heterocycles. The summed E-state index contributed by atoms with van der Waals surface area (Å²) < 4.78 is 10.5. The molecule has 0 aliphatic heterocycles. The van der Waals surface area contributed by atoms with Crippen LogP contribution in [0.15, 0.2) is 18.2 Å². The molecule has 2 rings (SSSR count). The molecule has 0 amide bonds. The van der Waals surface area contributed by atoms with Gasteiger partial charge in [0.15, 0.2) is 0 Å². The fraction of sp³-hybridized carbons (Fsp3) is 0.538. The third-order valence-electron chi connectivity index (χ3n) is 3.22. The van der Waals surface area contributed by atoms with E-state index < -0.39 is 0 Å². The summed E-state index contributed by atoms with van der Waals surface area (Å²) in [7, 11) is 3.34. The number of aryl methyl sites for hydroxylation is 1. The fourth-order valence-electron chi connectivity index (χ4n) is 1.81. The first-order chi connectivity index (χ1) is 7.65. The van der Waals surface area contributed by atoms with Crippen molar-refractivity contribution < 1.29 is 9.47 Å². The van der Waals surface area contributed by atoms with E-state index in [1.807, 2.05) is 18.2 Å². The van der Waals surface area contributed by atoms with E-state index in [4.69, 9.17) is 15.2 Å². The second kappa shape index (κ2) is 4.34. The van der Waals surface area contributed by atoms with Crippen LogP contribution in [-0.2, 0) is 6.42 Å². The van der Waals surface area contributed by atoms with Crippen LogP contribution in [0, 0.1) is 0 Å². The van der Waals surface area contributed by atoms with Gasteiger partial charge >= 0.3 is 0 Å². The molecule has 0 saturated heterocycles. The maximum Gasteiger partial charge on any atom is 0.122 e. The fourth-order valence-corrected chi connectivity index (χ4v) is 1.81. The summed E-state index contributed by atoms with van der Waals surface area (Å²) >= 11 is 0. The Morgan fingerprint density at radius 2 is 1.69 bits per heavy atom. The number of methoxy groups -OCH3 is 2. The summed E-state index contributed by atoms with van der Waals surface area (Å²) in [5.74, 6) is 1.69. The van der Waals surface area contributed by atoms with E-state index in [9.17, 15) is 0 Å². The van der Waals surface area contributed by atoms with Gasteiger partial charge in [0.1, 0.15) is 11.5 Å². The largest absolute Gasteiger partial charge is 0.497 e. The lowest BCUT2D eigenvalue weighted by Gasteiger charge is -2.11. The molecule has 0 unspecified atom stereocenters. The van der Waals surface area contributed by atoms with E-state index in [-0.39, 0.29) is 5.54 Å². The molecule has 1 fully saturated rings. The molecule has 3 nitrogen and oxygen atoms in total. The molecule has 16 heavy (non-hydrogen) atoms. The molecule has 1 aromatic carbocycles. The number of rotatable bonds is 5. The standard InChI is InChI=1S/C13H19NO2/c1-15-11-7-10(8-12(9-11)16-2)3-4-13(14)5-6-13/h7-9H,3-6,14H2,1-2H3. The molecule has 1 aliphatic carbocycles. The van der Waals surface area contributed by atoms with Gasteiger partial charge in [-0.1, -0.05) is 0 Å². The van der Waals surface area contributed by atoms with Crippen molar-refractivity contribution in [3.63, 3.8) is 0 Å². The van der Waals surface area contributed by atoms with Crippen LogP contribution in [0.1, 0.15) is 24.8 Å². The number of hydrogen-bond donors (Lipinski definition) is 1. The predicted molar refractivity (Wildman–Crippen MR) is 64.0 cm³/mol. The summed E-state index contributed by atoms with van der Waals surface area (Å²) in [6, 6.07) is 5.99. The molecule has 1 aliphatic rings. The summed E-state index contributed by atoms with van der Waals surface area (Å²) in [5, 5.41) is 0. The average Bonchev–Trinajstić information content (AvgIpc) is 3.05. The van der Waals surface area contributed by atoms with Gasteiger partial charge in [-0.05, 0) is 43.4 Å². The zero-order valence-corrected chi connectivity index (χ0v) is 9.95. The molecule has 0 heterocycles. The van der Waals surface area contributed by atoms with E-state index in [1.165, 1.54) is 5.56 Å². The van der Waals surface area contributed by atoms with Crippen molar-refractivity contribution in [1.29, 1.82) is 0 Å². The quantitative estimate of drug-likeness (QED) is 0.828. The first kappa shape index (κ1) is 11.3. The average molecular weight is 221 g/mol. The highest BCUT2D eigenvalue weighted by molar-refractivity contribution is 5.38. The summed E-state index contributed by atoms with van der Waals surface area (Å²) in [6.07, 6.45) is 4.36. The van der Waals surface area contributed by atoms with Crippen LogP contribution in [0.25, 0.3) is 0 Å². The Bertz CT molecular complexity index is 350. The van der Waals surface area contributed by atoms with Crippen LogP contribution < -0.4 is 15.2 Å². The normalized spacial score (nSPS) is 16.9. The molecule has 88 valence electrons. The lowest BCUT2D eigenvalue weighted by Crippen LogP contribution is -2.22. The Hall–Kier alpha value is -1.22. The Balaban J connectivity index is 2.06. The molecule has 1 aromatic rings. The Morgan fingerprint density at radius 3 is 2.12 bits per heavy atom. The highest BCUT2D eigenvalue weighted by Gasteiger charge is 2.37. The van der Waals surface area contributed by atoms with Crippen LogP contribution in [0.3, 0.4) is 0 Å². The molecular formula is C13H19NO2. The molecule has 0 bridgehead atoms. The number of hydrogen-bond acceptors (Lipinski definition) is 3. The van der Waals surface area contributed by atoms with Gasteiger partial charge in [-0.15, -0.1) is 0 Å². The highest BCUT2D eigenvalue weighted by Crippen LogP contribution is 2.37. The number of benzene rings is 1. The zero-order chi connectivity index (χ0) is 11.6. The molecule has 0 radical (unpaired) electrons. The third kappa shape index (κ3) is 2.67. The third-order valence-corrected chi connectivity index (χ3v) is 3.22. The summed E-state index contributed by atoms with van der Waals surface area (Å²) in [5.41, 5.74) is 7.41. The van der Waals surface area contributed by atoms with Gasteiger partial charge in [0.2, 0.25) is 0 Å². The van der Waals surface area contributed by atoms with Crippen molar-refractivity contribution in [3.8, 4) is 11.5 Å². The van der Waals surface area contributed by atoms with Gasteiger partial charge < -0.3 is 15.2 Å². The van der Waals surface area contributed by atoms with Gasteiger partial charge in [0, 0.05) is 11.6 Å². The van der Waals surface area contributed by atoms with Crippen molar-refractivity contribution in [2.45, 2.75) is 31.2 Å². The van der Waals surface area contributed by atoms with E-state index >= 15 is 0 Å². The van der Waals surface area contributed by atoms with Gasteiger partial charge in [0.05, 0.1) is 14.2 Å². The monoisotopic (exact) mass is 221 g/mol. The molecule has 0 spiro atoms. The van der Waals surface area contributed by atoms with E-state index in [0.29, 0.717) is 0 Å². The van der Waals surface area contributed by atoms with E-state index in [0.717, 1.165) is 37.2 Å². The van der Waals surface area contributed by atoms with Crippen LogP contribution in [-0.4, -0.2) is 19.8 Å². The van der Waals surface area contributed by atoms with Crippen LogP contribution >= 0.6 is 0 Å². The summed E-state index contributed by atoms with van der Waals surface area (Å²) in [4.78, 5) is 0. The minimum atomic E-state index is 0.107.